The molecule has 0 aliphatic carbocycles. The van der Waals surface area contributed by atoms with Crippen LogP contribution in [-0.2, 0) is 17.9 Å². The minimum absolute atomic E-state index is 0.102. The van der Waals surface area contributed by atoms with E-state index in [1.165, 1.54) is 12.1 Å². The molecule has 1 aromatic heterocycles. The van der Waals surface area contributed by atoms with Gasteiger partial charge in [-0.1, -0.05) is 0 Å². The molecule has 1 aliphatic rings. The number of rotatable bonds is 7. The lowest BCUT2D eigenvalue weighted by Crippen LogP contribution is -2.17. The maximum Gasteiger partial charge on any atom is 0.142 e. The van der Waals surface area contributed by atoms with E-state index in [0.29, 0.717) is 36.1 Å². The van der Waals surface area contributed by atoms with Crippen LogP contribution in [0.15, 0.2) is 34.7 Å². The van der Waals surface area contributed by atoms with Crippen LogP contribution in [0.3, 0.4) is 0 Å². The summed E-state index contributed by atoms with van der Waals surface area (Å²) in [6.45, 7) is 1.46. The Morgan fingerprint density at radius 1 is 1.26 bits per heavy atom. The van der Waals surface area contributed by atoms with Gasteiger partial charge in [-0.2, -0.15) is 0 Å². The highest BCUT2D eigenvalue weighted by Crippen LogP contribution is 2.27. The van der Waals surface area contributed by atoms with E-state index in [4.69, 9.17) is 19.0 Å². The average Bonchev–Trinajstić information content (AvgIpc) is 3.23. The Balaban J connectivity index is 1.63. The molecule has 0 spiro atoms. The fourth-order valence-corrected chi connectivity index (χ4v) is 2.51. The minimum Gasteiger partial charge on any atom is -0.489 e. The summed E-state index contributed by atoms with van der Waals surface area (Å²) in [7, 11) is 0. The van der Waals surface area contributed by atoms with Crippen LogP contribution in [0.5, 0.6) is 5.75 Å². The number of anilines is 1. The van der Waals surface area contributed by atoms with E-state index in [1.54, 1.807) is 18.2 Å². The lowest BCUT2D eigenvalue weighted by Gasteiger charge is -2.15. The summed E-state index contributed by atoms with van der Waals surface area (Å²) in [5.74, 6) is 1.39. The van der Waals surface area contributed by atoms with Gasteiger partial charge in [-0.25, -0.2) is 4.39 Å². The molecule has 0 amide bonds. The molecule has 0 bridgehead atoms. The van der Waals surface area contributed by atoms with E-state index in [0.717, 1.165) is 19.4 Å². The maximum absolute atomic E-state index is 13.5. The molecule has 2 N–H and O–H groups in total. The highest BCUT2D eigenvalue weighted by Gasteiger charge is 2.17. The molecule has 2 aromatic rings. The van der Waals surface area contributed by atoms with Crippen molar-refractivity contribution in [3.8, 4) is 5.75 Å². The summed E-state index contributed by atoms with van der Waals surface area (Å²) in [5, 5.41) is 12.1. The molecule has 124 valence electrons. The van der Waals surface area contributed by atoms with Gasteiger partial charge in [-0.3, -0.25) is 0 Å². The lowest BCUT2D eigenvalue weighted by molar-refractivity contribution is 0.0681. The zero-order valence-electron chi connectivity index (χ0n) is 12.8. The van der Waals surface area contributed by atoms with Crippen molar-refractivity contribution >= 4 is 5.69 Å². The van der Waals surface area contributed by atoms with Crippen LogP contribution in [0.1, 0.15) is 24.4 Å². The van der Waals surface area contributed by atoms with Crippen LogP contribution in [-0.4, -0.2) is 24.4 Å². The molecule has 3 rings (SSSR count). The molecule has 0 radical (unpaired) electrons. The predicted molar refractivity (Wildman–Crippen MR) is 82.8 cm³/mol. The fraction of sp³-hybridized carbons (Fsp3) is 0.412. The first-order valence-electron chi connectivity index (χ1n) is 7.71. The number of aliphatic hydroxyl groups is 1. The summed E-state index contributed by atoms with van der Waals surface area (Å²) in [5.41, 5.74) is 0.560. The highest BCUT2D eigenvalue weighted by molar-refractivity contribution is 5.56. The fourth-order valence-electron chi connectivity index (χ4n) is 2.51. The molecule has 23 heavy (non-hydrogen) atoms. The van der Waals surface area contributed by atoms with Crippen LogP contribution in [0, 0.1) is 5.82 Å². The Morgan fingerprint density at radius 2 is 2.13 bits per heavy atom. The summed E-state index contributed by atoms with van der Waals surface area (Å²) in [6.07, 6.45) is 2.14. The largest absolute Gasteiger partial charge is 0.489 e. The van der Waals surface area contributed by atoms with E-state index in [9.17, 15) is 4.39 Å². The summed E-state index contributed by atoms with van der Waals surface area (Å²) in [6, 6.07) is 7.84. The first-order valence-corrected chi connectivity index (χ1v) is 7.71. The SMILES string of the molecule is OCc1ccc(CNc2cc(F)ccc2OCC2CCCO2)o1. The third kappa shape index (κ3) is 4.24. The summed E-state index contributed by atoms with van der Waals surface area (Å²) in [4.78, 5) is 0. The highest BCUT2D eigenvalue weighted by atomic mass is 19.1. The molecular weight excluding hydrogens is 301 g/mol. The van der Waals surface area contributed by atoms with Gasteiger partial charge in [0.15, 0.2) is 0 Å². The molecule has 2 heterocycles. The van der Waals surface area contributed by atoms with Gasteiger partial charge in [0, 0.05) is 12.7 Å². The van der Waals surface area contributed by atoms with Crippen molar-refractivity contribution in [3.05, 3.63) is 47.7 Å². The Hall–Kier alpha value is -2.05. The van der Waals surface area contributed by atoms with E-state index in [1.807, 2.05) is 0 Å². The molecule has 6 heteroatoms. The van der Waals surface area contributed by atoms with Gasteiger partial charge in [0.1, 0.15) is 36.3 Å². The van der Waals surface area contributed by atoms with Crippen molar-refractivity contribution in [3.63, 3.8) is 0 Å². The topological polar surface area (TPSA) is 63.9 Å². The number of halogens is 1. The number of hydrogen-bond donors (Lipinski definition) is 2. The van der Waals surface area contributed by atoms with Gasteiger partial charge in [0.05, 0.1) is 18.3 Å². The molecule has 1 unspecified atom stereocenters. The number of hydrogen-bond acceptors (Lipinski definition) is 5. The van der Waals surface area contributed by atoms with Crippen LogP contribution >= 0.6 is 0 Å². The summed E-state index contributed by atoms with van der Waals surface area (Å²) < 4.78 is 30.2. The predicted octanol–water partition coefficient (Wildman–Crippen LogP) is 3.08. The smallest absolute Gasteiger partial charge is 0.142 e. The van der Waals surface area contributed by atoms with Crippen molar-refractivity contribution < 1.29 is 23.4 Å². The first kappa shape index (κ1) is 15.8. The van der Waals surface area contributed by atoms with Crippen LogP contribution in [0.25, 0.3) is 0 Å². The molecule has 1 atom stereocenters. The normalized spacial score (nSPS) is 17.4. The van der Waals surface area contributed by atoms with Gasteiger partial charge in [0.2, 0.25) is 0 Å². The van der Waals surface area contributed by atoms with E-state index >= 15 is 0 Å². The molecular formula is C17H20FNO4. The number of nitrogens with one attached hydrogen (secondary N) is 1. The number of furan rings is 1. The van der Waals surface area contributed by atoms with Crippen LogP contribution in [0.4, 0.5) is 10.1 Å². The molecule has 0 saturated carbocycles. The second-order valence-electron chi connectivity index (χ2n) is 5.47. The van der Waals surface area contributed by atoms with E-state index in [2.05, 4.69) is 5.32 Å². The third-order valence-corrected chi connectivity index (χ3v) is 3.72. The molecule has 1 fully saturated rings. The van der Waals surface area contributed by atoms with Crippen molar-refractivity contribution in [2.75, 3.05) is 18.5 Å². The second kappa shape index (κ2) is 7.48. The van der Waals surface area contributed by atoms with E-state index in [-0.39, 0.29) is 18.5 Å². The first-order chi connectivity index (χ1) is 11.2. The van der Waals surface area contributed by atoms with E-state index < -0.39 is 0 Å². The quantitative estimate of drug-likeness (QED) is 0.820. The van der Waals surface area contributed by atoms with Gasteiger partial charge in [-0.05, 0) is 37.1 Å². The monoisotopic (exact) mass is 321 g/mol. The van der Waals surface area contributed by atoms with Gasteiger partial charge in [-0.15, -0.1) is 0 Å². The Kier molecular flexibility index (Phi) is 5.15. The standard InChI is InChI=1S/C17H20FNO4/c18-12-3-6-17(22-11-15-2-1-7-21-15)16(8-12)19-9-13-4-5-14(10-20)23-13/h3-6,8,15,19-20H,1-2,7,9-11H2. The second-order valence-corrected chi connectivity index (χ2v) is 5.47. The zero-order valence-corrected chi connectivity index (χ0v) is 12.8. The van der Waals surface area contributed by atoms with Crippen LogP contribution in [0.2, 0.25) is 0 Å². The Bertz CT molecular complexity index is 637. The van der Waals surface area contributed by atoms with Crippen LogP contribution < -0.4 is 10.1 Å². The summed E-state index contributed by atoms with van der Waals surface area (Å²) >= 11 is 0. The Morgan fingerprint density at radius 3 is 2.87 bits per heavy atom. The molecule has 1 aromatic carbocycles. The zero-order chi connectivity index (χ0) is 16.1. The number of benzene rings is 1. The van der Waals surface area contributed by atoms with Crippen molar-refractivity contribution in [2.24, 2.45) is 0 Å². The molecule has 1 saturated heterocycles. The molecule has 1 aliphatic heterocycles. The van der Waals surface area contributed by atoms with Gasteiger partial charge >= 0.3 is 0 Å². The average molecular weight is 321 g/mol. The lowest BCUT2D eigenvalue weighted by atomic mass is 10.2. The van der Waals surface area contributed by atoms with Gasteiger partial charge in [0.25, 0.3) is 0 Å². The maximum atomic E-state index is 13.5. The third-order valence-electron chi connectivity index (χ3n) is 3.72. The number of ether oxygens (including phenoxy) is 2. The van der Waals surface area contributed by atoms with Crippen molar-refractivity contribution in [1.29, 1.82) is 0 Å². The molecule has 5 nitrogen and oxygen atoms in total. The Labute approximate surface area is 134 Å². The van der Waals surface area contributed by atoms with Gasteiger partial charge < -0.3 is 24.3 Å². The minimum atomic E-state index is -0.340. The van der Waals surface area contributed by atoms with Crippen molar-refractivity contribution in [1.82, 2.24) is 0 Å². The van der Waals surface area contributed by atoms with Crippen molar-refractivity contribution in [2.45, 2.75) is 32.1 Å². The number of aliphatic hydroxyl groups excluding tert-OH is 1.